The van der Waals surface area contributed by atoms with Crippen LogP contribution in [0.1, 0.15) is 12.1 Å². The van der Waals surface area contributed by atoms with E-state index in [0.717, 1.165) is 6.42 Å². The minimum atomic E-state index is 0.117. The van der Waals surface area contributed by atoms with E-state index in [2.05, 4.69) is 15.2 Å². The van der Waals surface area contributed by atoms with E-state index in [1.165, 1.54) is 0 Å². The Morgan fingerprint density at radius 2 is 2.18 bits per heavy atom. The standard InChI is InChI=1S/C11H10N4O2/c12-11-13-9(7-3-1-5-16-7)10(14-15-11)8-4-2-6-17-8/h2-4,6H,1,5H2,(H2,12,13,15). The molecule has 0 aromatic carbocycles. The Labute approximate surface area is 97.1 Å². The second-order valence-electron chi connectivity index (χ2n) is 3.55. The number of nitrogens with zero attached hydrogens (tertiary/aromatic N) is 3. The van der Waals surface area contributed by atoms with E-state index in [0.29, 0.717) is 29.5 Å². The number of nitrogen functional groups attached to an aromatic ring is 1. The summed E-state index contributed by atoms with van der Waals surface area (Å²) in [6.07, 6.45) is 4.38. The fraction of sp³-hybridized carbons (Fsp3) is 0.182. The molecule has 0 radical (unpaired) electrons. The average molecular weight is 230 g/mol. The Balaban J connectivity index is 2.14. The first kappa shape index (κ1) is 9.83. The van der Waals surface area contributed by atoms with E-state index in [1.54, 1.807) is 18.4 Å². The van der Waals surface area contributed by atoms with Gasteiger partial charge in [-0.05, 0) is 18.2 Å². The lowest BCUT2D eigenvalue weighted by molar-refractivity contribution is 0.306. The van der Waals surface area contributed by atoms with Crippen molar-refractivity contribution in [3.8, 4) is 11.5 Å². The van der Waals surface area contributed by atoms with Gasteiger partial charge in [-0.2, -0.15) is 0 Å². The number of hydrogen-bond donors (Lipinski definition) is 1. The lowest BCUT2D eigenvalue weighted by atomic mass is 10.2. The molecule has 1 aliphatic heterocycles. The zero-order chi connectivity index (χ0) is 11.7. The molecule has 0 spiro atoms. The fourth-order valence-electron chi connectivity index (χ4n) is 1.67. The van der Waals surface area contributed by atoms with Crippen LogP contribution in [0.15, 0.2) is 28.9 Å². The highest BCUT2D eigenvalue weighted by atomic mass is 16.5. The van der Waals surface area contributed by atoms with Gasteiger partial charge in [0.25, 0.3) is 0 Å². The van der Waals surface area contributed by atoms with E-state index in [1.807, 2.05) is 6.08 Å². The highest BCUT2D eigenvalue weighted by Crippen LogP contribution is 2.28. The average Bonchev–Trinajstić information content (AvgIpc) is 3.02. The predicted octanol–water partition coefficient (Wildman–Crippen LogP) is 1.47. The molecule has 2 aromatic heterocycles. The topological polar surface area (TPSA) is 87.1 Å². The SMILES string of the molecule is Nc1nnc(-c2ccco2)c(C2=CCCO2)n1. The van der Waals surface area contributed by atoms with Gasteiger partial charge in [-0.25, -0.2) is 4.98 Å². The number of ether oxygens (including phenoxy) is 1. The van der Waals surface area contributed by atoms with Gasteiger partial charge in [0.05, 0.1) is 12.9 Å². The van der Waals surface area contributed by atoms with Crippen LogP contribution in [-0.2, 0) is 4.74 Å². The van der Waals surface area contributed by atoms with Crippen LogP contribution >= 0.6 is 0 Å². The van der Waals surface area contributed by atoms with Crippen LogP contribution in [0.2, 0.25) is 0 Å². The van der Waals surface area contributed by atoms with Crippen molar-refractivity contribution >= 4 is 11.7 Å². The molecule has 86 valence electrons. The number of furan rings is 1. The normalized spacial score (nSPS) is 14.5. The Morgan fingerprint density at radius 3 is 2.88 bits per heavy atom. The largest absolute Gasteiger partial charge is 0.491 e. The smallest absolute Gasteiger partial charge is 0.240 e. The quantitative estimate of drug-likeness (QED) is 0.840. The summed E-state index contributed by atoms with van der Waals surface area (Å²) >= 11 is 0. The summed E-state index contributed by atoms with van der Waals surface area (Å²) in [6, 6.07) is 3.57. The molecular weight excluding hydrogens is 220 g/mol. The molecule has 6 nitrogen and oxygen atoms in total. The van der Waals surface area contributed by atoms with Crippen molar-refractivity contribution in [2.24, 2.45) is 0 Å². The number of aromatic nitrogens is 3. The van der Waals surface area contributed by atoms with Crippen molar-refractivity contribution in [3.63, 3.8) is 0 Å². The van der Waals surface area contributed by atoms with Crippen LogP contribution < -0.4 is 5.73 Å². The van der Waals surface area contributed by atoms with Gasteiger partial charge >= 0.3 is 0 Å². The lowest BCUT2D eigenvalue weighted by Gasteiger charge is -2.06. The highest BCUT2D eigenvalue weighted by molar-refractivity contribution is 5.71. The molecule has 3 heterocycles. The second-order valence-corrected chi connectivity index (χ2v) is 3.55. The maximum absolute atomic E-state index is 5.55. The van der Waals surface area contributed by atoms with Crippen LogP contribution in [0, 0.1) is 0 Å². The van der Waals surface area contributed by atoms with Crippen molar-refractivity contribution in [1.82, 2.24) is 15.2 Å². The van der Waals surface area contributed by atoms with E-state index in [4.69, 9.17) is 14.9 Å². The third kappa shape index (κ3) is 1.73. The van der Waals surface area contributed by atoms with Gasteiger partial charge in [0.15, 0.2) is 11.5 Å². The first-order valence-electron chi connectivity index (χ1n) is 5.22. The molecule has 0 fully saturated rings. The van der Waals surface area contributed by atoms with Gasteiger partial charge < -0.3 is 14.9 Å². The summed E-state index contributed by atoms with van der Waals surface area (Å²) in [5, 5.41) is 7.75. The van der Waals surface area contributed by atoms with Crippen molar-refractivity contribution in [2.75, 3.05) is 12.3 Å². The molecule has 0 aliphatic carbocycles. The molecule has 17 heavy (non-hydrogen) atoms. The van der Waals surface area contributed by atoms with Crippen LogP contribution in [0.5, 0.6) is 0 Å². The van der Waals surface area contributed by atoms with Gasteiger partial charge in [0.1, 0.15) is 11.5 Å². The molecule has 0 saturated heterocycles. The summed E-state index contributed by atoms with van der Waals surface area (Å²) in [5.74, 6) is 1.39. The number of rotatable bonds is 2. The van der Waals surface area contributed by atoms with Crippen LogP contribution in [0.3, 0.4) is 0 Å². The zero-order valence-electron chi connectivity index (χ0n) is 8.96. The Morgan fingerprint density at radius 1 is 1.24 bits per heavy atom. The third-order valence-corrected chi connectivity index (χ3v) is 2.40. The van der Waals surface area contributed by atoms with Gasteiger partial charge in [0.2, 0.25) is 5.95 Å². The lowest BCUT2D eigenvalue weighted by Crippen LogP contribution is -2.04. The Kier molecular flexibility index (Phi) is 2.25. The molecule has 6 heteroatoms. The summed E-state index contributed by atoms with van der Waals surface area (Å²) < 4.78 is 10.8. The van der Waals surface area contributed by atoms with E-state index in [-0.39, 0.29) is 5.95 Å². The maximum atomic E-state index is 5.55. The first-order chi connectivity index (χ1) is 8.34. The van der Waals surface area contributed by atoms with Crippen LogP contribution in [0.25, 0.3) is 17.2 Å². The Bertz CT molecular complexity index is 563. The van der Waals surface area contributed by atoms with Crippen molar-refractivity contribution < 1.29 is 9.15 Å². The first-order valence-corrected chi connectivity index (χ1v) is 5.22. The minimum absolute atomic E-state index is 0.117. The summed E-state index contributed by atoms with van der Waals surface area (Å²) in [4.78, 5) is 4.16. The minimum Gasteiger partial charge on any atom is -0.491 e. The Hall–Kier alpha value is -2.37. The van der Waals surface area contributed by atoms with Gasteiger partial charge in [-0.1, -0.05) is 0 Å². The van der Waals surface area contributed by atoms with Crippen molar-refractivity contribution in [2.45, 2.75) is 6.42 Å². The van der Waals surface area contributed by atoms with Crippen LogP contribution in [0.4, 0.5) is 5.95 Å². The third-order valence-electron chi connectivity index (χ3n) is 2.40. The van der Waals surface area contributed by atoms with E-state index < -0.39 is 0 Å². The van der Waals surface area contributed by atoms with E-state index in [9.17, 15) is 0 Å². The van der Waals surface area contributed by atoms with Gasteiger partial charge in [0, 0.05) is 6.42 Å². The number of hydrogen-bond acceptors (Lipinski definition) is 6. The molecule has 1 aliphatic rings. The number of nitrogens with two attached hydrogens (primary N) is 1. The van der Waals surface area contributed by atoms with Gasteiger partial charge in [-0.3, -0.25) is 0 Å². The molecule has 2 aromatic rings. The van der Waals surface area contributed by atoms with Crippen molar-refractivity contribution in [1.29, 1.82) is 0 Å². The summed E-state index contributed by atoms with van der Waals surface area (Å²) in [5.41, 5.74) is 6.66. The molecular formula is C11H10N4O2. The monoisotopic (exact) mass is 230 g/mol. The molecule has 0 atom stereocenters. The highest BCUT2D eigenvalue weighted by Gasteiger charge is 2.19. The molecule has 0 amide bonds. The summed E-state index contributed by atoms with van der Waals surface area (Å²) in [6.45, 7) is 0.650. The summed E-state index contributed by atoms with van der Waals surface area (Å²) in [7, 11) is 0. The fourth-order valence-corrected chi connectivity index (χ4v) is 1.67. The van der Waals surface area contributed by atoms with E-state index >= 15 is 0 Å². The second kappa shape index (κ2) is 3.89. The van der Waals surface area contributed by atoms with Crippen molar-refractivity contribution in [3.05, 3.63) is 30.2 Å². The van der Waals surface area contributed by atoms with Gasteiger partial charge in [-0.15, -0.1) is 10.2 Å². The maximum Gasteiger partial charge on any atom is 0.240 e. The molecule has 0 saturated carbocycles. The zero-order valence-corrected chi connectivity index (χ0v) is 8.96. The number of anilines is 1. The predicted molar refractivity (Wildman–Crippen MR) is 60.5 cm³/mol. The molecule has 0 bridgehead atoms. The molecule has 3 rings (SSSR count). The molecule has 0 unspecified atom stereocenters. The molecule has 2 N–H and O–H groups in total. The van der Waals surface area contributed by atoms with Crippen LogP contribution in [-0.4, -0.2) is 21.8 Å².